The van der Waals surface area contributed by atoms with E-state index in [9.17, 15) is 0 Å². The standard InChI is InChI=1S/C52H30N4O/c1-53-37-26-23-33(24-27-37)32-19-21-34(22-20-32)38-29-30-45-44-17-9-10-18-47(44)57-49(45)48(38)52-55-50(35-11-3-2-4-12-35)54-51(56-52)36-25-28-43-41-15-6-5-13-39(41)40-14-7-8-16-42(40)46(43)31-36/h2-31H. The van der Waals surface area contributed by atoms with E-state index in [-0.39, 0.29) is 0 Å². The van der Waals surface area contributed by atoms with Gasteiger partial charge in [-0.05, 0) is 72.8 Å². The number of benzene rings is 9. The summed E-state index contributed by atoms with van der Waals surface area (Å²) in [6.07, 6.45) is 0. The zero-order valence-corrected chi connectivity index (χ0v) is 30.5. The van der Waals surface area contributed by atoms with E-state index in [1.807, 2.05) is 72.8 Å². The van der Waals surface area contributed by atoms with Crippen LogP contribution < -0.4 is 0 Å². The lowest BCUT2D eigenvalue weighted by molar-refractivity contribution is 0.669. The molecule has 0 bridgehead atoms. The van der Waals surface area contributed by atoms with Crippen LogP contribution in [0.4, 0.5) is 5.69 Å². The Morgan fingerprint density at radius 3 is 1.53 bits per heavy atom. The van der Waals surface area contributed by atoms with Gasteiger partial charge in [-0.3, -0.25) is 0 Å². The van der Waals surface area contributed by atoms with Gasteiger partial charge in [-0.2, -0.15) is 0 Å². The maximum absolute atomic E-state index is 7.34. The molecule has 0 N–H and O–H groups in total. The van der Waals surface area contributed by atoms with Gasteiger partial charge >= 0.3 is 0 Å². The molecular formula is C52H30N4O. The van der Waals surface area contributed by atoms with Crippen LogP contribution in [0, 0.1) is 6.57 Å². The second-order valence-electron chi connectivity index (χ2n) is 14.2. The van der Waals surface area contributed by atoms with Gasteiger partial charge in [0.2, 0.25) is 0 Å². The predicted octanol–water partition coefficient (Wildman–Crippen LogP) is 14.1. The Balaban J connectivity index is 1.16. The Kier molecular flexibility index (Phi) is 7.48. The Bertz CT molecular complexity index is 3360. The molecule has 0 aliphatic carbocycles. The summed E-state index contributed by atoms with van der Waals surface area (Å²) < 4.78 is 6.73. The average Bonchev–Trinajstić information content (AvgIpc) is 3.68. The SMILES string of the molecule is [C-]#[N+]c1ccc(-c2ccc(-c3ccc4c(oc5ccccc54)c3-c3nc(-c4ccccc4)nc(-c4ccc5c6ccccc6c6ccccc6c5c4)n3)cc2)cc1. The minimum absolute atomic E-state index is 0.529. The van der Waals surface area contributed by atoms with Gasteiger partial charge < -0.3 is 4.42 Å². The maximum atomic E-state index is 7.34. The molecule has 0 fully saturated rings. The molecule has 2 heterocycles. The van der Waals surface area contributed by atoms with Crippen molar-refractivity contribution in [3.63, 3.8) is 0 Å². The summed E-state index contributed by atoms with van der Waals surface area (Å²) in [4.78, 5) is 19.3. The molecule has 2 aromatic heterocycles. The van der Waals surface area contributed by atoms with Crippen LogP contribution >= 0.6 is 0 Å². The van der Waals surface area contributed by atoms with Crippen molar-refractivity contribution >= 4 is 59.9 Å². The van der Waals surface area contributed by atoms with E-state index in [0.29, 0.717) is 23.2 Å². The predicted molar refractivity (Wildman–Crippen MR) is 233 cm³/mol. The molecule has 0 atom stereocenters. The van der Waals surface area contributed by atoms with Crippen LogP contribution in [0.15, 0.2) is 186 Å². The van der Waals surface area contributed by atoms with E-state index in [1.165, 1.54) is 26.9 Å². The highest BCUT2D eigenvalue weighted by molar-refractivity contribution is 6.25. The maximum Gasteiger partial charge on any atom is 0.187 e. The van der Waals surface area contributed by atoms with Gasteiger partial charge in [-0.15, -0.1) is 0 Å². The summed E-state index contributed by atoms with van der Waals surface area (Å²) in [5.41, 5.74) is 8.80. The highest BCUT2D eigenvalue weighted by Gasteiger charge is 2.22. The van der Waals surface area contributed by atoms with Crippen LogP contribution in [0.3, 0.4) is 0 Å². The first-order valence-corrected chi connectivity index (χ1v) is 18.9. The number of hydrogen-bond acceptors (Lipinski definition) is 4. The highest BCUT2D eigenvalue weighted by atomic mass is 16.3. The minimum Gasteiger partial charge on any atom is -0.455 e. The molecule has 5 heteroatoms. The summed E-state index contributed by atoms with van der Waals surface area (Å²) in [7, 11) is 0. The molecule has 0 amide bonds. The third-order valence-electron chi connectivity index (χ3n) is 11.0. The zero-order valence-electron chi connectivity index (χ0n) is 30.5. The van der Waals surface area contributed by atoms with Crippen molar-refractivity contribution in [1.82, 2.24) is 15.0 Å². The summed E-state index contributed by atoms with van der Waals surface area (Å²) in [5, 5.41) is 9.21. The van der Waals surface area contributed by atoms with Gasteiger partial charge in [0.25, 0.3) is 0 Å². The van der Waals surface area contributed by atoms with Crippen molar-refractivity contribution in [3.05, 3.63) is 193 Å². The average molecular weight is 727 g/mol. The third-order valence-corrected chi connectivity index (χ3v) is 11.0. The van der Waals surface area contributed by atoms with Gasteiger partial charge in [0.05, 0.1) is 12.1 Å². The largest absolute Gasteiger partial charge is 0.455 e. The molecule has 11 aromatic rings. The lowest BCUT2D eigenvalue weighted by Gasteiger charge is -2.14. The first-order chi connectivity index (χ1) is 28.2. The zero-order chi connectivity index (χ0) is 37.9. The summed E-state index contributed by atoms with van der Waals surface area (Å²) in [6.45, 7) is 7.34. The summed E-state index contributed by atoms with van der Waals surface area (Å²) in [5.74, 6) is 1.69. The summed E-state index contributed by atoms with van der Waals surface area (Å²) in [6, 6.07) is 62.5. The quantitative estimate of drug-likeness (QED) is 0.131. The number of para-hydroxylation sites is 1. The van der Waals surface area contributed by atoms with Gasteiger partial charge in [-0.25, -0.2) is 19.8 Å². The fourth-order valence-corrected chi connectivity index (χ4v) is 8.20. The van der Waals surface area contributed by atoms with Crippen LogP contribution in [0.5, 0.6) is 0 Å². The van der Waals surface area contributed by atoms with Crippen LogP contribution in [-0.2, 0) is 0 Å². The normalized spacial score (nSPS) is 11.5. The van der Waals surface area contributed by atoms with Crippen molar-refractivity contribution in [3.8, 4) is 56.4 Å². The molecule has 0 radical (unpaired) electrons. The fraction of sp³-hybridized carbons (Fsp3) is 0. The first-order valence-electron chi connectivity index (χ1n) is 18.9. The van der Waals surface area contributed by atoms with Crippen molar-refractivity contribution < 1.29 is 4.42 Å². The number of hydrogen-bond donors (Lipinski definition) is 0. The number of aromatic nitrogens is 3. The van der Waals surface area contributed by atoms with E-state index in [2.05, 4.69) is 114 Å². The fourth-order valence-electron chi connectivity index (χ4n) is 8.20. The molecule has 11 rings (SSSR count). The van der Waals surface area contributed by atoms with Crippen LogP contribution in [0.2, 0.25) is 0 Å². The van der Waals surface area contributed by atoms with Crippen LogP contribution in [0.25, 0.3) is 116 Å². The Morgan fingerprint density at radius 2 is 0.860 bits per heavy atom. The van der Waals surface area contributed by atoms with E-state index in [0.717, 1.165) is 66.3 Å². The molecule has 0 saturated carbocycles. The molecule has 0 unspecified atom stereocenters. The number of furan rings is 1. The second kappa shape index (κ2) is 13.1. The second-order valence-corrected chi connectivity index (χ2v) is 14.2. The first kappa shape index (κ1) is 32.5. The molecule has 5 nitrogen and oxygen atoms in total. The Hall–Kier alpha value is -7.94. The van der Waals surface area contributed by atoms with Crippen LogP contribution in [-0.4, -0.2) is 15.0 Å². The van der Waals surface area contributed by atoms with Crippen molar-refractivity contribution in [2.45, 2.75) is 0 Å². The van der Waals surface area contributed by atoms with Gasteiger partial charge in [0, 0.05) is 21.9 Å². The molecular weight excluding hydrogens is 697 g/mol. The molecule has 57 heavy (non-hydrogen) atoms. The number of rotatable bonds is 5. The van der Waals surface area contributed by atoms with E-state index in [1.54, 1.807) is 0 Å². The Labute approximate surface area is 328 Å². The van der Waals surface area contributed by atoms with E-state index >= 15 is 0 Å². The molecule has 0 aliphatic rings. The summed E-state index contributed by atoms with van der Waals surface area (Å²) >= 11 is 0. The van der Waals surface area contributed by atoms with Crippen molar-refractivity contribution in [2.75, 3.05) is 0 Å². The van der Waals surface area contributed by atoms with E-state index < -0.39 is 0 Å². The van der Waals surface area contributed by atoms with E-state index in [4.69, 9.17) is 25.9 Å². The van der Waals surface area contributed by atoms with Gasteiger partial charge in [0.15, 0.2) is 23.2 Å². The van der Waals surface area contributed by atoms with Gasteiger partial charge in [-0.1, -0.05) is 164 Å². The monoisotopic (exact) mass is 726 g/mol. The number of fused-ring (bicyclic) bond motifs is 9. The lowest BCUT2D eigenvalue weighted by atomic mass is 9.93. The van der Waals surface area contributed by atoms with Crippen molar-refractivity contribution in [1.29, 1.82) is 0 Å². The lowest BCUT2D eigenvalue weighted by Crippen LogP contribution is -2.01. The van der Waals surface area contributed by atoms with Crippen molar-refractivity contribution in [2.24, 2.45) is 0 Å². The Morgan fingerprint density at radius 1 is 0.368 bits per heavy atom. The molecule has 264 valence electrons. The third kappa shape index (κ3) is 5.43. The highest BCUT2D eigenvalue weighted by Crippen LogP contribution is 2.43. The topological polar surface area (TPSA) is 56.2 Å². The van der Waals surface area contributed by atoms with Gasteiger partial charge in [0.1, 0.15) is 11.2 Å². The smallest absolute Gasteiger partial charge is 0.187 e. The van der Waals surface area contributed by atoms with Crippen LogP contribution in [0.1, 0.15) is 0 Å². The molecule has 0 saturated heterocycles. The number of nitrogens with zero attached hydrogens (tertiary/aromatic N) is 4. The molecule has 0 aliphatic heterocycles. The minimum atomic E-state index is 0.529. The molecule has 0 spiro atoms. The molecule has 9 aromatic carbocycles.